The first-order valence-corrected chi connectivity index (χ1v) is 6.64. The summed E-state index contributed by atoms with van der Waals surface area (Å²) < 4.78 is 8.18. The van der Waals surface area contributed by atoms with E-state index >= 15 is 0 Å². The summed E-state index contributed by atoms with van der Waals surface area (Å²) in [7, 11) is 0. The summed E-state index contributed by atoms with van der Waals surface area (Å²) in [5.74, 6) is 0. The summed E-state index contributed by atoms with van der Waals surface area (Å²) in [6.07, 6.45) is 0. The first-order valence-electron chi connectivity index (χ1n) is 5.85. The van der Waals surface area contributed by atoms with Crippen molar-refractivity contribution in [2.24, 2.45) is 0 Å². The van der Waals surface area contributed by atoms with Crippen molar-refractivity contribution in [1.82, 2.24) is 14.7 Å². The fourth-order valence-corrected chi connectivity index (χ4v) is 2.38. The van der Waals surface area contributed by atoms with E-state index in [1.54, 1.807) is 0 Å². The predicted octanol–water partition coefficient (Wildman–Crippen LogP) is 0.779. The second-order valence-electron chi connectivity index (χ2n) is 4.18. The van der Waals surface area contributed by atoms with Crippen LogP contribution in [0.3, 0.4) is 0 Å². The van der Waals surface area contributed by atoms with Gasteiger partial charge < -0.3 is 9.84 Å². The van der Waals surface area contributed by atoms with Gasteiger partial charge in [-0.3, -0.25) is 9.58 Å². The van der Waals surface area contributed by atoms with Crippen LogP contribution in [0.1, 0.15) is 11.4 Å². The highest BCUT2D eigenvalue weighted by Crippen LogP contribution is 2.20. The lowest BCUT2D eigenvalue weighted by atomic mass is 10.4. The third kappa shape index (κ3) is 3.07. The van der Waals surface area contributed by atoms with Gasteiger partial charge in [0.05, 0.1) is 30.8 Å². The molecule has 1 aliphatic rings. The molecule has 1 N–H and O–H groups in total. The van der Waals surface area contributed by atoms with Gasteiger partial charge in [0, 0.05) is 25.3 Å². The van der Waals surface area contributed by atoms with E-state index in [1.807, 2.05) is 11.6 Å². The summed E-state index contributed by atoms with van der Waals surface area (Å²) in [5.41, 5.74) is 1.78. The smallest absolute Gasteiger partial charge is 0.102 e. The molecule has 5 nitrogen and oxygen atoms in total. The number of aliphatic hydroxyl groups is 1. The fourth-order valence-electron chi connectivity index (χ4n) is 1.97. The van der Waals surface area contributed by atoms with Gasteiger partial charge in [-0.1, -0.05) is 0 Å². The molecule has 0 spiro atoms. The van der Waals surface area contributed by atoms with Crippen molar-refractivity contribution in [3.8, 4) is 0 Å². The Hall–Kier alpha value is -0.430. The van der Waals surface area contributed by atoms with Crippen LogP contribution in [0.5, 0.6) is 0 Å². The highest BCUT2D eigenvalue weighted by Gasteiger charge is 2.14. The molecule has 0 aromatic carbocycles. The highest BCUT2D eigenvalue weighted by atomic mass is 79.9. The Kier molecular flexibility index (Phi) is 4.55. The molecule has 1 aromatic rings. The molecule has 2 rings (SSSR count). The molecule has 1 saturated heterocycles. The number of morpholine rings is 1. The van der Waals surface area contributed by atoms with Crippen LogP contribution in [0, 0.1) is 6.92 Å². The Morgan fingerprint density at radius 2 is 2.06 bits per heavy atom. The van der Waals surface area contributed by atoms with Gasteiger partial charge in [-0.15, -0.1) is 0 Å². The lowest BCUT2D eigenvalue weighted by Gasteiger charge is -2.26. The molecule has 0 bridgehead atoms. The molecule has 0 radical (unpaired) electrons. The van der Waals surface area contributed by atoms with Gasteiger partial charge in [-0.2, -0.15) is 5.10 Å². The summed E-state index contributed by atoms with van der Waals surface area (Å²) in [4.78, 5) is 2.37. The zero-order valence-electron chi connectivity index (χ0n) is 10.0. The minimum absolute atomic E-state index is 0.0218. The van der Waals surface area contributed by atoms with E-state index in [-0.39, 0.29) is 6.61 Å². The van der Waals surface area contributed by atoms with E-state index in [9.17, 15) is 0 Å². The minimum Gasteiger partial charge on any atom is -0.390 e. The van der Waals surface area contributed by atoms with Gasteiger partial charge in [0.15, 0.2) is 0 Å². The van der Waals surface area contributed by atoms with Crippen molar-refractivity contribution in [2.45, 2.75) is 20.1 Å². The number of aromatic nitrogens is 2. The number of hydrogen-bond donors (Lipinski definition) is 1. The standard InChI is InChI=1S/C11H18BrN3O2/c1-9-11(12)10(8-16)13-15(9)3-2-14-4-6-17-7-5-14/h16H,2-8H2,1H3. The van der Waals surface area contributed by atoms with Gasteiger partial charge in [-0.05, 0) is 22.9 Å². The van der Waals surface area contributed by atoms with Crippen molar-refractivity contribution < 1.29 is 9.84 Å². The Balaban J connectivity index is 1.94. The molecule has 1 aliphatic heterocycles. The first-order chi connectivity index (χ1) is 8.22. The molecule has 96 valence electrons. The molecule has 1 aromatic heterocycles. The molecular formula is C11H18BrN3O2. The Morgan fingerprint density at radius 3 is 2.65 bits per heavy atom. The monoisotopic (exact) mass is 303 g/mol. The molecule has 6 heteroatoms. The van der Waals surface area contributed by atoms with E-state index in [1.165, 1.54) is 0 Å². The lowest BCUT2D eigenvalue weighted by Crippen LogP contribution is -2.38. The third-order valence-corrected chi connectivity index (χ3v) is 4.11. The molecule has 0 atom stereocenters. The number of nitrogens with zero attached hydrogens (tertiary/aromatic N) is 3. The van der Waals surface area contributed by atoms with E-state index in [4.69, 9.17) is 9.84 Å². The SMILES string of the molecule is Cc1c(Br)c(CO)nn1CCN1CCOCC1. The van der Waals surface area contributed by atoms with Crippen molar-refractivity contribution in [1.29, 1.82) is 0 Å². The minimum atomic E-state index is -0.0218. The van der Waals surface area contributed by atoms with E-state index in [2.05, 4.69) is 25.9 Å². The van der Waals surface area contributed by atoms with Gasteiger partial charge >= 0.3 is 0 Å². The van der Waals surface area contributed by atoms with E-state index < -0.39 is 0 Å². The number of ether oxygens (including phenoxy) is 1. The van der Waals surface area contributed by atoms with Gasteiger partial charge in [0.2, 0.25) is 0 Å². The van der Waals surface area contributed by atoms with Crippen LogP contribution in [0.4, 0.5) is 0 Å². The predicted molar refractivity (Wildman–Crippen MR) is 67.8 cm³/mol. The van der Waals surface area contributed by atoms with Gasteiger partial charge in [-0.25, -0.2) is 0 Å². The van der Waals surface area contributed by atoms with Crippen LogP contribution < -0.4 is 0 Å². The molecule has 0 aliphatic carbocycles. The van der Waals surface area contributed by atoms with Crippen LogP contribution in [0.2, 0.25) is 0 Å². The molecule has 17 heavy (non-hydrogen) atoms. The van der Waals surface area contributed by atoms with Crippen molar-refractivity contribution in [3.05, 3.63) is 15.9 Å². The Morgan fingerprint density at radius 1 is 1.35 bits per heavy atom. The van der Waals surface area contributed by atoms with Crippen LogP contribution in [0.25, 0.3) is 0 Å². The van der Waals surface area contributed by atoms with Crippen molar-refractivity contribution in [3.63, 3.8) is 0 Å². The van der Waals surface area contributed by atoms with Gasteiger partial charge in [0.1, 0.15) is 5.69 Å². The second kappa shape index (κ2) is 5.95. The number of rotatable bonds is 4. The molecule has 0 amide bonds. The molecule has 1 fully saturated rings. The van der Waals surface area contributed by atoms with Crippen molar-refractivity contribution >= 4 is 15.9 Å². The van der Waals surface area contributed by atoms with Gasteiger partial charge in [0.25, 0.3) is 0 Å². The first kappa shape index (κ1) is 13.0. The number of aliphatic hydroxyl groups excluding tert-OH is 1. The van der Waals surface area contributed by atoms with E-state index in [0.717, 1.165) is 49.6 Å². The molecule has 0 saturated carbocycles. The zero-order chi connectivity index (χ0) is 12.3. The van der Waals surface area contributed by atoms with Crippen LogP contribution in [-0.2, 0) is 17.9 Å². The third-order valence-electron chi connectivity index (χ3n) is 3.08. The molecular weight excluding hydrogens is 286 g/mol. The Labute approximate surface area is 109 Å². The topological polar surface area (TPSA) is 50.5 Å². The van der Waals surface area contributed by atoms with Crippen LogP contribution >= 0.6 is 15.9 Å². The summed E-state index contributed by atoms with van der Waals surface area (Å²) in [5, 5.41) is 13.5. The maximum absolute atomic E-state index is 9.14. The van der Waals surface area contributed by atoms with E-state index in [0.29, 0.717) is 5.69 Å². The Bertz CT molecular complexity index is 375. The van der Waals surface area contributed by atoms with Crippen molar-refractivity contribution in [2.75, 3.05) is 32.8 Å². The van der Waals surface area contributed by atoms with Crippen LogP contribution in [-0.4, -0.2) is 52.6 Å². The largest absolute Gasteiger partial charge is 0.390 e. The quantitative estimate of drug-likeness (QED) is 0.893. The summed E-state index contributed by atoms with van der Waals surface area (Å²) >= 11 is 3.45. The fraction of sp³-hybridized carbons (Fsp3) is 0.727. The normalized spacial score (nSPS) is 17.6. The average Bonchev–Trinajstić information content (AvgIpc) is 2.65. The number of halogens is 1. The molecule has 2 heterocycles. The summed E-state index contributed by atoms with van der Waals surface area (Å²) in [6, 6.07) is 0. The number of hydrogen-bond acceptors (Lipinski definition) is 4. The maximum Gasteiger partial charge on any atom is 0.102 e. The average molecular weight is 304 g/mol. The lowest BCUT2D eigenvalue weighted by molar-refractivity contribution is 0.0359. The highest BCUT2D eigenvalue weighted by molar-refractivity contribution is 9.10. The maximum atomic E-state index is 9.14. The van der Waals surface area contributed by atoms with Crippen LogP contribution in [0.15, 0.2) is 4.47 Å². The summed E-state index contributed by atoms with van der Waals surface area (Å²) in [6.45, 7) is 7.45. The zero-order valence-corrected chi connectivity index (χ0v) is 11.6. The second-order valence-corrected chi connectivity index (χ2v) is 4.97. The molecule has 0 unspecified atom stereocenters.